The van der Waals surface area contributed by atoms with Crippen LogP contribution in [0.25, 0.3) is 88.8 Å². The molecule has 0 radical (unpaired) electrons. The summed E-state index contributed by atoms with van der Waals surface area (Å²) in [5.41, 5.74) is 14.8. The zero-order chi connectivity index (χ0) is 35.5. The summed E-state index contributed by atoms with van der Waals surface area (Å²) in [6.45, 7) is 4.72. The van der Waals surface area contributed by atoms with Crippen molar-refractivity contribution in [1.29, 1.82) is 0 Å². The summed E-state index contributed by atoms with van der Waals surface area (Å²) < 4.78 is 0. The zero-order valence-corrected chi connectivity index (χ0v) is 29.6. The van der Waals surface area contributed by atoms with Gasteiger partial charge < -0.3 is 0 Å². The number of pyridine rings is 1. The quantitative estimate of drug-likeness (QED) is 0.182. The molecule has 0 bridgehead atoms. The number of nitrogens with zero attached hydrogens (tertiary/aromatic N) is 3. The van der Waals surface area contributed by atoms with Crippen molar-refractivity contribution < 1.29 is 0 Å². The van der Waals surface area contributed by atoms with Gasteiger partial charge in [-0.25, -0.2) is 9.97 Å². The van der Waals surface area contributed by atoms with E-state index in [1.807, 2.05) is 18.3 Å². The Labute approximate surface area is 309 Å². The van der Waals surface area contributed by atoms with Gasteiger partial charge in [0.05, 0.1) is 11.4 Å². The van der Waals surface area contributed by atoms with E-state index in [4.69, 9.17) is 9.97 Å². The Kier molecular flexibility index (Phi) is 7.16. The fourth-order valence-electron chi connectivity index (χ4n) is 8.39. The molecule has 1 aliphatic rings. The van der Waals surface area contributed by atoms with Gasteiger partial charge in [0, 0.05) is 40.1 Å². The maximum atomic E-state index is 5.27. The summed E-state index contributed by atoms with van der Waals surface area (Å²) in [5.74, 6) is 0.701. The second-order valence-electron chi connectivity index (χ2n) is 14.5. The lowest BCUT2D eigenvalue weighted by Gasteiger charge is -2.23. The van der Waals surface area contributed by atoms with Gasteiger partial charge in [-0.2, -0.15) is 0 Å². The lowest BCUT2D eigenvalue weighted by molar-refractivity contribution is 0.666. The SMILES string of the molecule is CC1(C)c2ccc(-c3ccc(-c4nc(-c5ccccc5)cc(-c5cccc(-c6cccnc6)c5)n4)c4ccccc34)cc2-c2ccc3ccccc3c21. The number of benzene rings is 7. The number of hydrogen-bond acceptors (Lipinski definition) is 3. The fourth-order valence-corrected chi connectivity index (χ4v) is 8.39. The van der Waals surface area contributed by atoms with Crippen LogP contribution in [-0.4, -0.2) is 15.0 Å². The molecule has 0 unspecified atom stereocenters. The van der Waals surface area contributed by atoms with Crippen LogP contribution in [0.4, 0.5) is 0 Å². The Morgan fingerprint density at radius 2 is 1.08 bits per heavy atom. The lowest BCUT2D eigenvalue weighted by atomic mass is 9.80. The summed E-state index contributed by atoms with van der Waals surface area (Å²) in [6, 6.07) is 58.6. The molecule has 9 aromatic rings. The Balaban J connectivity index is 1.13. The first kappa shape index (κ1) is 31.1. The third-order valence-corrected chi connectivity index (χ3v) is 11.0. The van der Waals surface area contributed by atoms with Crippen molar-refractivity contribution in [3.05, 3.63) is 187 Å². The summed E-state index contributed by atoms with van der Waals surface area (Å²) in [6.07, 6.45) is 3.70. The molecule has 2 heterocycles. The maximum Gasteiger partial charge on any atom is 0.161 e. The largest absolute Gasteiger partial charge is 0.264 e. The average molecular weight is 678 g/mol. The van der Waals surface area contributed by atoms with E-state index >= 15 is 0 Å². The highest BCUT2D eigenvalue weighted by molar-refractivity contribution is 6.05. The Hall–Kier alpha value is -6.71. The third-order valence-electron chi connectivity index (χ3n) is 11.0. The van der Waals surface area contributed by atoms with Crippen LogP contribution in [0.2, 0.25) is 0 Å². The molecule has 1 aliphatic carbocycles. The average Bonchev–Trinajstić information content (AvgIpc) is 3.46. The van der Waals surface area contributed by atoms with E-state index in [9.17, 15) is 0 Å². The van der Waals surface area contributed by atoms with Gasteiger partial charge in [0.15, 0.2) is 5.82 Å². The predicted molar refractivity (Wildman–Crippen MR) is 220 cm³/mol. The standard InChI is InChI=1S/C50H35N3/c1-50(2)45-26-22-35(29-44(45)42-23-21-32-12-6-7-18-39(32)48(42)50)38-24-25-43(41-20-9-8-19-40(38)41)49-52-46(33-13-4-3-5-14-33)30-47(53-49)36-16-10-15-34(28-36)37-17-11-27-51-31-37/h3-31H,1-2H3. The van der Waals surface area contributed by atoms with Crippen LogP contribution >= 0.6 is 0 Å². The van der Waals surface area contributed by atoms with Gasteiger partial charge in [0.2, 0.25) is 0 Å². The molecule has 3 heteroatoms. The van der Waals surface area contributed by atoms with Crippen LogP contribution in [0, 0.1) is 0 Å². The minimum Gasteiger partial charge on any atom is -0.264 e. The normalized spacial score (nSPS) is 12.9. The van der Waals surface area contributed by atoms with Crippen molar-refractivity contribution in [2.45, 2.75) is 19.3 Å². The summed E-state index contributed by atoms with van der Waals surface area (Å²) in [7, 11) is 0. The molecule has 0 saturated carbocycles. The highest BCUT2D eigenvalue weighted by Crippen LogP contribution is 2.52. The van der Waals surface area contributed by atoms with E-state index < -0.39 is 0 Å². The molecule has 53 heavy (non-hydrogen) atoms. The first-order valence-corrected chi connectivity index (χ1v) is 18.2. The Bertz CT molecular complexity index is 2860. The highest BCUT2D eigenvalue weighted by Gasteiger charge is 2.37. The van der Waals surface area contributed by atoms with Crippen LogP contribution in [0.3, 0.4) is 0 Å². The van der Waals surface area contributed by atoms with Crippen molar-refractivity contribution in [2.75, 3.05) is 0 Å². The third kappa shape index (κ3) is 5.16. The summed E-state index contributed by atoms with van der Waals surface area (Å²) in [5, 5.41) is 4.92. The second-order valence-corrected chi connectivity index (χ2v) is 14.5. The van der Waals surface area contributed by atoms with Crippen LogP contribution in [0.5, 0.6) is 0 Å². The minimum atomic E-state index is -0.0910. The lowest BCUT2D eigenvalue weighted by Crippen LogP contribution is -2.15. The zero-order valence-electron chi connectivity index (χ0n) is 29.6. The van der Waals surface area contributed by atoms with E-state index in [-0.39, 0.29) is 5.41 Å². The topological polar surface area (TPSA) is 38.7 Å². The second kappa shape index (κ2) is 12.2. The molecule has 0 spiro atoms. The van der Waals surface area contributed by atoms with E-state index in [1.165, 1.54) is 49.5 Å². The van der Waals surface area contributed by atoms with Gasteiger partial charge in [-0.15, -0.1) is 0 Å². The summed E-state index contributed by atoms with van der Waals surface area (Å²) in [4.78, 5) is 14.8. The van der Waals surface area contributed by atoms with Crippen molar-refractivity contribution >= 4 is 21.5 Å². The monoisotopic (exact) mass is 677 g/mol. The van der Waals surface area contributed by atoms with Crippen LogP contribution in [0.1, 0.15) is 25.0 Å². The van der Waals surface area contributed by atoms with E-state index in [1.54, 1.807) is 6.20 Å². The van der Waals surface area contributed by atoms with Crippen LogP contribution in [-0.2, 0) is 5.41 Å². The molecule has 0 N–H and O–H groups in total. The molecule has 0 fully saturated rings. The van der Waals surface area contributed by atoms with Crippen molar-refractivity contribution in [3.63, 3.8) is 0 Å². The van der Waals surface area contributed by atoms with Gasteiger partial charge in [-0.05, 0) is 90.8 Å². The molecule has 250 valence electrons. The molecule has 0 saturated heterocycles. The van der Waals surface area contributed by atoms with Gasteiger partial charge in [0.1, 0.15) is 0 Å². The van der Waals surface area contributed by atoms with Gasteiger partial charge in [0.25, 0.3) is 0 Å². The molecule has 0 aliphatic heterocycles. The van der Waals surface area contributed by atoms with E-state index in [0.29, 0.717) is 5.82 Å². The van der Waals surface area contributed by atoms with Gasteiger partial charge >= 0.3 is 0 Å². The van der Waals surface area contributed by atoms with Crippen LogP contribution < -0.4 is 0 Å². The number of aromatic nitrogens is 3. The molecule has 0 amide bonds. The fraction of sp³-hybridized carbons (Fsp3) is 0.0600. The highest BCUT2D eigenvalue weighted by atomic mass is 14.9. The molecule has 0 atom stereocenters. The number of hydrogen-bond donors (Lipinski definition) is 0. The first-order valence-electron chi connectivity index (χ1n) is 18.2. The predicted octanol–water partition coefficient (Wildman–Crippen LogP) is 12.8. The number of rotatable bonds is 5. The first-order chi connectivity index (χ1) is 26.0. The minimum absolute atomic E-state index is 0.0910. The molecule has 3 nitrogen and oxygen atoms in total. The van der Waals surface area contributed by atoms with Crippen molar-refractivity contribution in [3.8, 4) is 67.3 Å². The number of fused-ring (bicyclic) bond motifs is 6. The molecular formula is C50H35N3. The molecule has 7 aromatic carbocycles. The smallest absolute Gasteiger partial charge is 0.161 e. The van der Waals surface area contributed by atoms with E-state index in [0.717, 1.165) is 44.6 Å². The van der Waals surface area contributed by atoms with E-state index in [2.05, 4.69) is 170 Å². The van der Waals surface area contributed by atoms with Crippen LogP contribution in [0.15, 0.2) is 176 Å². The van der Waals surface area contributed by atoms with Crippen molar-refractivity contribution in [2.24, 2.45) is 0 Å². The molecular weight excluding hydrogens is 643 g/mol. The Morgan fingerprint density at radius 1 is 0.415 bits per heavy atom. The Morgan fingerprint density at radius 3 is 1.89 bits per heavy atom. The summed E-state index contributed by atoms with van der Waals surface area (Å²) >= 11 is 0. The maximum absolute atomic E-state index is 5.27. The molecule has 10 rings (SSSR count). The van der Waals surface area contributed by atoms with Crippen molar-refractivity contribution in [1.82, 2.24) is 15.0 Å². The van der Waals surface area contributed by atoms with Gasteiger partial charge in [-0.3, -0.25) is 4.98 Å². The van der Waals surface area contributed by atoms with Gasteiger partial charge in [-0.1, -0.05) is 147 Å². The molecule has 2 aromatic heterocycles.